The molecule has 0 radical (unpaired) electrons. The van der Waals surface area contributed by atoms with Gasteiger partial charge in [0.05, 0.1) is 0 Å². The van der Waals surface area contributed by atoms with Crippen LogP contribution in [0.5, 0.6) is 0 Å². The second kappa shape index (κ2) is 7.82. The van der Waals surface area contributed by atoms with E-state index in [1.165, 1.54) is 9.45 Å². The molecule has 0 aromatic carbocycles. The Bertz CT molecular complexity index is 335. The molecule has 105 valence electrons. The molecule has 0 saturated heterocycles. The fraction of sp³-hybridized carbons (Fsp3) is 0.667. The first kappa shape index (κ1) is 21.5. The summed E-state index contributed by atoms with van der Waals surface area (Å²) in [5.41, 5.74) is 2.15. The molecule has 18 heavy (non-hydrogen) atoms. The minimum Gasteiger partial charge on any atom is -0.147 e. The average Bonchev–Trinajstić information content (AvgIpc) is 2.45. The van der Waals surface area contributed by atoms with E-state index in [2.05, 4.69) is 72.2 Å². The Hall–Kier alpha value is 1.17. The predicted octanol–water partition coefficient (Wildman–Crippen LogP) is 5.04. The minimum absolute atomic E-state index is 0. The van der Waals surface area contributed by atoms with Crippen molar-refractivity contribution in [2.24, 2.45) is 0 Å². The van der Waals surface area contributed by atoms with Crippen LogP contribution in [-0.2, 0) is 24.6 Å². The van der Waals surface area contributed by atoms with Crippen LogP contribution in [0.15, 0.2) is 21.6 Å². The molecule has 1 aliphatic carbocycles. The van der Waals surface area contributed by atoms with Crippen LogP contribution in [0.3, 0.4) is 0 Å². The zero-order chi connectivity index (χ0) is 12.6. The van der Waals surface area contributed by atoms with Crippen molar-refractivity contribution in [3.8, 4) is 0 Å². The van der Waals surface area contributed by atoms with Gasteiger partial charge in [0.15, 0.2) is 0 Å². The first-order valence-corrected chi connectivity index (χ1v) is 13.1. The van der Waals surface area contributed by atoms with Crippen LogP contribution in [0.25, 0.3) is 0 Å². The Morgan fingerprint density at radius 1 is 1.17 bits per heavy atom. The Morgan fingerprint density at radius 3 is 2.00 bits per heavy atom. The molecule has 1 atom stereocenters. The van der Waals surface area contributed by atoms with Crippen LogP contribution in [0, 0.1) is 0 Å². The van der Waals surface area contributed by atoms with Crippen LogP contribution in [0.4, 0.5) is 0 Å². The smallest absolute Gasteiger partial charge is 0.147 e. The maximum atomic E-state index is 6.46. The van der Waals surface area contributed by atoms with Gasteiger partial charge in [0, 0.05) is 0 Å². The van der Waals surface area contributed by atoms with Gasteiger partial charge in [-0.15, -0.1) is 24.8 Å². The van der Waals surface area contributed by atoms with Gasteiger partial charge < -0.3 is 0 Å². The van der Waals surface area contributed by atoms with Gasteiger partial charge in [-0.05, 0) is 0 Å². The minimum atomic E-state index is -1.60. The molecule has 0 N–H and O–H groups in total. The third-order valence-corrected chi connectivity index (χ3v) is 10.8. The van der Waals surface area contributed by atoms with E-state index in [4.69, 9.17) is 4.12 Å². The van der Waals surface area contributed by atoms with Crippen LogP contribution >= 0.6 is 24.8 Å². The Labute approximate surface area is 138 Å². The SMILES string of the molecule is CC(C1=[C]([Ti])CC=C1)[Si](C)(C)O[Si](C)(C)C.Cl.Cl. The summed E-state index contributed by atoms with van der Waals surface area (Å²) in [7, 11) is -3.01. The Balaban J connectivity index is 0. The van der Waals surface area contributed by atoms with Crippen molar-refractivity contribution < 1.29 is 24.6 Å². The van der Waals surface area contributed by atoms with Crippen LogP contribution in [0.2, 0.25) is 38.3 Å². The second-order valence-corrected chi connectivity index (χ2v) is 16.1. The van der Waals surface area contributed by atoms with Crippen molar-refractivity contribution in [1.82, 2.24) is 0 Å². The monoisotopic (exact) mass is 359 g/mol. The molecule has 0 aliphatic heterocycles. The summed E-state index contributed by atoms with van der Waals surface area (Å²) >= 11 is 2.25. The Morgan fingerprint density at radius 2 is 1.67 bits per heavy atom. The summed E-state index contributed by atoms with van der Waals surface area (Å²) < 4.78 is 7.99. The molecular formula is C12H25Cl2OSi2Ti. The van der Waals surface area contributed by atoms with Crippen molar-refractivity contribution in [3.05, 3.63) is 21.6 Å². The van der Waals surface area contributed by atoms with Crippen molar-refractivity contribution >= 4 is 41.4 Å². The van der Waals surface area contributed by atoms with Crippen molar-refractivity contribution in [1.29, 1.82) is 0 Å². The first-order chi connectivity index (χ1) is 7.13. The molecule has 6 heteroatoms. The number of hydrogen-bond acceptors (Lipinski definition) is 1. The summed E-state index contributed by atoms with van der Waals surface area (Å²) in [6.45, 7) is 14.0. The second-order valence-electron chi connectivity index (χ2n) is 6.08. The predicted molar refractivity (Wildman–Crippen MR) is 86.6 cm³/mol. The summed E-state index contributed by atoms with van der Waals surface area (Å²) in [5, 5.41) is 0. The number of rotatable bonds is 4. The third-order valence-electron chi connectivity index (χ3n) is 3.05. The van der Waals surface area contributed by atoms with Gasteiger partial charge in [0.1, 0.15) is 0 Å². The quantitative estimate of drug-likeness (QED) is 0.639. The van der Waals surface area contributed by atoms with E-state index in [0.717, 1.165) is 6.42 Å². The molecular weight excluding hydrogens is 335 g/mol. The molecule has 0 aromatic heterocycles. The molecule has 0 spiro atoms. The average molecular weight is 360 g/mol. The van der Waals surface area contributed by atoms with Crippen molar-refractivity contribution in [2.45, 2.75) is 51.6 Å². The number of halogens is 2. The normalized spacial score (nSPS) is 17.2. The number of hydrogen-bond donors (Lipinski definition) is 0. The summed E-state index contributed by atoms with van der Waals surface area (Å²) in [5.74, 6) is 0. The first-order valence-electron chi connectivity index (χ1n) is 5.95. The molecule has 0 heterocycles. The van der Waals surface area contributed by atoms with E-state index in [-0.39, 0.29) is 24.8 Å². The van der Waals surface area contributed by atoms with Gasteiger partial charge in [-0.2, -0.15) is 0 Å². The summed E-state index contributed by atoms with van der Waals surface area (Å²) in [6.07, 6.45) is 5.72. The van der Waals surface area contributed by atoms with E-state index in [0.29, 0.717) is 5.54 Å². The van der Waals surface area contributed by atoms with E-state index in [9.17, 15) is 0 Å². The molecule has 0 aromatic rings. The largest absolute Gasteiger partial charge is 0.147 e. The third kappa shape index (κ3) is 6.08. The molecule has 0 saturated carbocycles. The zero-order valence-electron chi connectivity index (χ0n) is 12.2. The summed E-state index contributed by atoms with van der Waals surface area (Å²) in [6, 6.07) is 0. The van der Waals surface area contributed by atoms with E-state index in [1.54, 1.807) is 0 Å². The van der Waals surface area contributed by atoms with Crippen LogP contribution in [0.1, 0.15) is 13.3 Å². The van der Waals surface area contributed by atoms with E-state index in [1.807, 2.05) is 0 Å². The molecule has 0 bridgehead atoms. The number of allylic oxidation sites excluding steroid dienone is 4. The van der Waals surface area contributed by atoms with Crippen LogP contribution < -0.4 is 0 Å². The van der Waals surface area contributed by atoms with Gasteiger partial charge in [-0.25, -0.2) is 0 Å². The molecule has 1 rings (SSSR count). The molecule has 0 fully saturated rings. The van der Waals surface area contributed by atoms with Gasteiger partial charge in [0.2, 0.25) is 0 Å². The van der Waals surface area contributed by atoms with Gasteiger partial charge >= 0.3 is 114 Å². The van der Waals surface area contributed by atoms with Crippen molar-refractivity contribution in [3.63, 3.8) is 0 Å². The molecule has 1 nitrogen and oxygen atoms in total. The Kier molecular flexibility index (Phi) is 9.33. The molecule has 1 unspecified atom stereocenters. The van der Waals surface area contributed by atoms with E-state index < -0.39 is 16.6 Å². The standard InChI is InChI=1S/C12H23OSi2.2ClH.Ti/c1-11(12-9-7-8-10-12)15(5,6)13-14(2,3)4;;;/h7,9,11H,8H2,1-6H3;2*1H;. The fourth-order valence-corrected chi connectivity index (χ4v) is 11.1. The van der Waals surface area contributed by atoms with Crippen molar-refractivity contribution in [2.75, 3.05) is 0 Å². The van der Waals surface area contributed by atoms with Gasteiger partial charge in [-0.1, -0.05) is 0 Å². The maximum Gasteiger partial charge on any atom is -0.147 e. The van der Waals surface area contributed by atoms with Crippen LogP contribution in [-0.4, -0.2) is 16.6 Å². The summed E-state index contributed by atoms with van der Waals surface area (Å²) in [4.78, 5) is 0. The topological polar surface area (TPSA) is 9.23 Å². The van der Waals surface area contributed by atoms with Gasteiger partial charge in [-0.3, -0.25) is 0 Å². The van der Waals surface area contributed by atoms with Gasteiger partial charge in [0.25, 0.3) is 0 Å². The maximum absolute atomic E-state index is 6.46. The zero-order valence-corrected chi connectivity index (χ0v) is 17.4. The molecule has 1 aliphatic rings. The van der Waals surface area contributed by atoms with E-state index >= 15 is 0 Å². The molecule has 0 amide bonds. The fourth-order valence-electron chi connectivity index (χ4n) is 2.18.